The third kappa shape index (κ3) is 2.69. The SMILES string of the molecule is CCc1c(OC)cc(=O)[nH]c1-c1ccc(N(C)C)cc1. The number of H-pyrrole nitrogens is 1. The highest BCUT2D eigenvalue weighted by molar-refractivity contribution is 5.68. The van der Waals surface area contributed by atoms with Crippen LogP contribution in [-0.4, -0.2) is 26.2 Å². The zero-order valence-corrected chi connectivity index (χ0v) is 12.4. The Labute approximate surface area is 119 Å². The van der Waals surface area contributed by atoms with E-state index in [2.05, 4.69) is 4.98 Å². The molecule has 2 aromatic rings. The van der Waals surface area contributed by atoms with Crippen LogP contribution in [0.5, 0.6) is 5.75 Å². The molecule has 0 spiro atoms. The van der Waals surface area contributed by atoms with E-state index in [4.69, 9.17) is 4.74 Å². The van der Waals surface area contributed by atoms with E-state index in [-0.39, 0.29) is 5.56 Å². The van der Waals surface area contributed by atoms with Gasteiger partial charge >= 0.3 is 0 Å². The van der Waals surface area contributed by atoms with E-state index in [1.807, 2.05) is 50.2 Å². The Morgan fingerprint density at radius 3 is 2.35 bits per heavy atom. The lowest BCUT2D eigenvalue weighted by molar-refractivity contribution is 0.409. The molecule has 0 atom stereocenters. The fourth-order valence-electron chi connectivity index (χ4n) is 2.27. The van der Waals surface area contributed by atoms with Crippen molar-refractivity contribution >= 4 is 5.69 Å². The summed E-state index contributed by atoms with van der Waals surface area (Å²) in [6.45, 7) is 2.05. The van der Waals surface area contributed by atoms with Crippen molar-refractivity contribution in [1.29, 1.82) is 0 Å². The maximum atomic E-state index is 11.7. The Bertz CT molecular complexity index is 643. The highest BCUT2D eigenvalue weighted by atomic mass is 16.5. The lowest BCUT2D eigenvalue weighted by Crippen LogP contribution is -2.10. The second kappa shape index (κ2) is 5.82. The highest BCUT2D eigenvalue weighted by Gasteiger charge is 2.11. The Hall–Kier alpha value is -2.23. The van der Waals surface area contributed by atoms with Crippen molar-refractivity contribution in [3.63, 3.8) is 0 Å². The molecule has 1 aromatic carbocycles. The van der Waals surface area contributed by atoms with Crippen LogP contribution < -0.4 is 15.2 Å². The fraction of sp³-hybridized carbons (Fsp3) is 0.312. The molecule has 1 N–H and O–H groups in total. The van der Waals surface area contributed by atoms with Gasteiger partial charge in [-0.25, -0.2) is 0 Å². The van der Waals surface area contributed by atoms with Crippen LogP contribution >= 0.6 is 0 Å². The molecular weight excluding hydrogens is 252 g/mol. The van der Waals surface area contributed by atoms with Crippen molar-refractivity contribution in [2.24, 2.45) is 0 Å². The number of benzene rings is 1. The van der Waals surface area contributed by atoms with Gasteiger partial charge in [-0.2, -0.15) is 0 Å². The van der Waals surface area contributed by atoms with E-state index in [9.17, 15) is 4.79 Å². The Morgan fingerprint density at radius 1 is 1.20 bits per heavy atom. The van der Waals surface area contributed by atoms with Gasteiger partial charge in [0, 0.05) is 31.4 Å². The van der Waals surface area contributed by atoms with Crippen molar-refractivity contribution in [3.05, 3.63) is 46.2 Å². The molecule has 0 aliphatic carbocycles. The lowest BCUT2D eigenvalue weighted by Gasteiger charge is -2.15. The minimum atomic E-state index is -0.147. The molecule has 0 saturated carbocycles. The zero-order valence-electron chi connectivity index (χ0n) is 12.4. The standard InChI is InChI=1S/C16H20N2O2/c1-5-13-14(20-4)10-15(19)17-16(13)11-6-8-12(9-7-11)18(2)3/h6-10H,5H2,1-4H3,(H,17,19). The van der Waals surface area contributed by atoms with Gasteiger partial charge in [-0.1, -0.05) is 19.1 Å². The summed E-state index contributed by atoms with van der Waals surface area (Å²) in [5.41, 5.74) is 3.82. The number of hydrogen-bond acceptors (Lipinski definition) is 3. The van der Waals surface area contributed by atoms with E-state index >= 15 is 0 Å². The van der Waals surface area contributed by atoms with Crippen molar-refractivity contribution in [1.82, 2.24) is 4.98 Å². The molecule has 1 aromatic heterocycles. The summed E-state index contributed by atoms with van der Waals surface area (Å²) in [7, 11) is 5.59. The monoisotopic (exact) mass is 272 g/mol. The number of nitrogens with one attached hydrogen (secondary N) is 1. The zero-order chi connectivity index (χ0) is 14.7. The van der Waals surface area contributed by atoms with Crippen LogP contribution in [0.25, 0.3) is 11.3 Å². The molecule has 0 fully saturated rings. The maximum Gasteiger partial charge on any atom is 0.252 e. The highest BCUT2D eigenvalue weighted by Crippen LogP contribution is 2.28. The quantitative estimate of drug-likeness (QED) is 0.930. The van der Waals surface area contributed by atoms with Crippen LogP contribution in [0.15, 0.2) is 35.1 Å². The molecular formula is C16H20N2O2. The van der Waals surface area contributed by atoms with E-state index in [0.29, 0.717) is 5.75 Å². The van der Waals surface area contributed by atoms with E-state index < -0.39 is 0 Å². The number of hydrogen-bond donors (Lipinski definition) is 1. The minimum absolute atomic E-state index is 0.147. The third-order valence-corrected chi connectivity index (χ3v) is 3.36. The number of pyridine rings is 1. The number of aromatic amines is 1. The van der Waals surface area contributed by atoms with Crippen LogP contribution in [0.1, 0.15) is 12.5 Å². The second-order valence-electron chi connectivity index (χ2n) is 4.85. The molecule has 0 unspecified atom stereocenters. The van der Waals surface area contributed by atoms with Gasteiger partial charge in [-0.05, 0) is 24.1 Å². The number of anilines is 1. The summed E-state index contributed by atoms with van der Waals surface area (Å²) in [5.74, 6) is 0.642. The Balaban J connectivity index is 2.56. The lowest BCUT2D eigenvalue weighted by atomic mass is 10.0. The summed E-state index contributed by atoms with van der Waals surface area (Å²) in [6, 6.07) is 9.59. The molecule has 0 saturated heterocycles. The molecule has 0 aliphatic rings. The Morgan fingerprint density at radius 2 is 1.85 bits per heavy atom. The van der Waals surface area contributed by atoms with Crippen molar-refractivity contribution in [2.75, 3.05) is 26.1 Å². The molecule has 1 heterocycles. The molecule has 0 radical (unpaired) electrons. The predicted molar refractivity (Wildman–Crippen MR) is 82.8 cm³/mol. The van der Waals surface area contributed by atoms with Crippen LogP contribution in [0.3, 0.4) is 0 Å². The molecule has 0 amide bonds. The fourth-order valence-corrected chi connectivity index (χ4v) is 2.27. The maximum absolute atomic E-state index is 11.7. The summed E-state index contributed by atoms with van der Waals surface area (Å²) in [6.07, 6.45) is 0.796. The molecule has 4 nitrogen and oxygen atoms in total. The van der Waals surface area contributed by atoms with Gasteiger partial charge in [0.15, 0.2) is 0 Å². The van der Waals surface area contributed by atoms with Gasteiger partial charge in [-0.15, -0.1) is 0 Å². The number of methoxy groups -OCH3 is 1. The normalized spacial score (nSPS) is 10.4. The average Bonchev–Trinajstić information content (AvgIpc) is 2.46. The number of nitrogens with zero attached hydrogens (tertiary/aromatic N) is 1. The van der Waals surface area contributed by atoms with Crippen molar-refractivity contribution < 1.29 is 4.74 Å². The van der Waals surface area contributed by atoms with E-state index in [1.165, 1.54) is 6.07 Å². The van der Waals surface area contributed by atoms with Crippen LogP contribution in [-0.2, 0) is 6.42 Å². The van der Waals surface area contributed by atoms with Crippen molar-refractivity contribution in [3.8, 4) is 17.0 Å². The molecule has 0 bridgehead atoms. The van der Waals surface area contributed by atoms with Gasteiger partial charge in [0.25, 0.3) is 5.56 Å². The van der Waals surface area contributed by atoms with Gasteiger partial charge in [0.05, 0.1) is 12.8 Å². The van der Waals surface area contributed by atoms with Gasteiger partial charge in [0.1, 0.15) is 5.75 Å². The minimum Gasteiger partial charge on any atom is -0.496 e. The van der Waals surface area contributed by atoms with Crippen LogP contribution in [0.4, 0.5) is 5.69 Å². The summed E-state index contributed by atoms with van der Waals surface area (Å²) < 4.78 is 5.31. The first-order chi connectivity index (χ1) is 9.56. The second-order valence-corrected chi connectivity index (χ2v) is 4.85. The Kier molecular flexibility index (Phi) is 4.13. The third-order valence-electron chi connectivity index (χ3n) is 3.36. The molecule has 4 heteroatoms. The van der Waals surface area contributed by atoms with Crippen molar-refractivity contribution in [2.45, 2.75) is 13.3 Å². The molecule has 2 rings (SSSR count). The first-order valence-electron chi connectivity index (χ1n) is 6.64. The first kappa shape index (κ1) is 14.2. The first-order valence-corrected chi connectivity index (χ1v) is 6.64. The van der Waals surface area contributed by atoms with E-state index in [0.717, 1.165) is 28.9 Å². The number of aromatic nitrogens is 1. The molecule has 20 heavy (non-hydrogen) atoms. The number of rotatable bonds is 4. The molecule has 0 aliphatic heterocycles. The van der Waals surface area contributed by atoms with Gasteiger partial charge in [0.2, 0.25) is 0 Å². The average molecular weight is 272 g/mol. The molecule has 106 valence electrons. The van der Waals surface area contributed by atoms with E-state index in [1.54, 1.807) is 7.11 Å². The predicted octanol–water partition coefficient (Wildman–Crippen LogP) is 2.68. The van der Waals surface area contributed by atoms with Gasteiger partial charge < -0.3 is 14.6 Å². The largest absolute Gasteiger partial charge is 0.496 e. The smallest absolute Gasteiger partial charge is 0.252 e. The van der Waals surface area contributed by atoms with Gasteiger partial charge in [-0.3, -0.25) is 4.79 Å². The summed E-state index contributed by atoms with van der Waals surface area (Å²) in [4.78, 5) is 16.7. The van der Waals surface area contributed by atoms with Crippen LogP contribution in [0.2, 0.25) is 0 Å². The number of ether oxygens (including phenoxy) is 1. The summed E-state index contributed by atoms with van der Waals surface area (Å²) >= 11 is 0. The summed E-state index contributed by atoms with van der Waals surface area (Å²) in [5, 5.41) is 0. The van der Waals surface area contributed by atoms with Crippen LogP contribution in [0, 0.1) is 0 Å². The topological polar surface area (TPSA) is 45.3 Å².